The van der Waals surface area contributed by atoms with E-state index in [-0.39, 0.29) is 0 Å². The van der Waals surface area contributed by atoms with Crippen molar-refractivity contribution in [2.75, 3.05) is 0 Å². The van der Waals surface area contributed by atoms with Crippen molar-refractivity contribution in [2.24, 2.45) is 5.41 Å². The van der Waals surface area contributed by atoms with E-state index < -0.39 is 11.4 Å². The number of carboxylic acids is 1. The van der Waals surface area contributed by atoms with E-state index in [1.165, 1.54) is 31.2 Å². The smallest absolute Gasteiger partial charge is 0.314 e. The van der Waals surface area contributed by atoms with E-state index in [4.69, 9.17) is 0 Å². The Morgan fingerprint density at radius 1 is 1.15 bits per heavy atom. The quantitative estimate of drug-likeness (QED) is 0.880. The van der Waals surface area contributed by atoms with Crippen LogP contribution in [0.3, 0.4) is 0 Å². The van der Waals surface area contributed by atoms with Crippen molar-refractivity contribution in [3.63, 3.8) is 0 Å². The molecule has 20 heavy (non-hydrogen) atoms. The summed E-state index contributed by atoms with van der Waals surface area (Å²) in [6, 6.07) is 8.45. The van der Waals surface area contributed by atoms with Crippen LogP contribution in [0.2, 0.25) is 0 Å². The van der Waals surface area contributed by atoms with Crippen LogP contribution < -0.4 is 0 Å². The number of carbonyl (C=O) groups is 1. The van der Waals surface area contributed by atoms with Crippen molar-refractivity contribution in [1.29, 1.82) is 0 Å². The molecule has 1 unspecified atom stereocenters. The summed E-state index contributed by atoms with van der Waals surface area (Å²) in [6.45, 7) is 4.72. The van der Waals surface area contributed by atoms with E-state index in [0.717, 1.165) is 18.4 Å². The van der Waals surface area contributed by atoms with Gasteiger partial charge < -0.3 is 5.11 Å². The minimum Gasteiger partial charge on any atom is -0.481 e. The first kappa shape index (κ1) is 13.7. The van der Waals surface area contributed by atoms with Gasteiger partial charge in [-0.25, -0.2) is 0 Å². The number of hydrogen-bond donors (Lipinski definition) is 1. The SMILES string of the molecule is CC1(C)CCCC(c2ccc(C3(C(=O)O)CC3)cc2)C1. The summed E-state index contributed by atoms with van der Waals surface area (Å²) in [7, 11) is 0. The van der Waals surface area contributed by atoms with Crippen LogP contribution in [0.4, 0.5) is 0 Å². The Bertz CT molecular complexity index is 509. The number of benzene rings is 1. The summed E-state index contributed by atoms with van der Waals surface area (Å²) in [4.78, 5) is 11.4. The fourth-order valence-corrected chi connectivity index (χ4v) is 3.81. The molecule has 2 aliphatic rings. The zero-order chi connectivity index (χ0) is 14.4. The van der Waals surface area contributed by atoms with E-state index in [0.29, 0.717) is 11.3 Å². The second-order valence-corrected chi connectivity index (χ2v) is 7.47. The van der Waals surface area contributed by atoms with Crippen LogP contribution in [0.1, 0.15) is 69.4 Å². The Hall–Kier alpha value is -1.31. The molecule has 0 bridgehead atoms. The molecule has 2 saturated carbocycles. The Kier molecular flexibility index (Phi) is 3.15. The molecule has 0 amide bonds. The molecule has 0 aromatic heterocycles. The normalized spacial score (nSPS) is 27.0. The molecule has 0 spiro atoms. The Labute approximate surface area is 121 Å². The van der Waals surface area contributed by atoms with Crippen molar-refractivity contribution in [1.82, 2.24) is 0 Å². The molecule has 0 heterocycles. The molecule has 2 aliphatic carbocycles. The highest BCUT2D eigenvalue weighted by Crippen LogP contribution is 2.49. The maximum atomic E-state index is 11.4. The first-order valence-electron chi connectivity index (χ1n) is 7.77. The predicted molar refractivity (Wildman–Crippen MR) is 80.0 cm³/mol. The fraction of sp³-hybridized carbons (Fsp3) is 0.611. The van der Waals surface area contributed by atoms with Crippen LogP contribution in [0.25, 0.3) is 0 Å². The minimum absolute atomic E-state index is 0.445. The number of rotatable bonds is 3. The number of hydrogen-bond acceptors (Lipinski definition) is 1. The van der Waals surface area contributed by atoms with Crippen LogP contribution in [-0.2, 0) is 10.2 Å². The highest BCUT2D eigenvalue weighted by molar-refractivity contribution is 5.84. The van der Waals surface area contributed by atoms with E-state index in [1.807, 2.05) is 0 Å². The molecule has 0 aliphatic heterocycles. The van der Waals surface area contributed by atoms with Crippen molar-refractivity contribution in [3.8, 4) is 0 Å². The second-order valence-electron chi connectivity index (χ2n) is 7.47. The third-order valence-corrected chi connectivity index (χ3v) is 5.30. The zero-order valence-electron chi connectivity index (χ0n) is 12.5. The molecule has 1 atom stereocenters. The molecule has 0 saturated heterocycles. The predicted octanol–water partition coefficient (Wildman–Crippen LogP) is 4.49. The van der Waals surface area contributed by atoms with Gasteiger partial charge in [-0.15, -0.1) is 0 Å². The van der Waals surface area contributed by atoms with Gasteiger partial charge in [0.15, 0.2) is 0 Å². The topological polar surface area (TPSA) is 37.3 Å². The molecular formula is C18H24O2. The number of carboxylic acid groups (broad SMARTS) is 1. The lowest BCUT2D eigenvalue weighted by atomic mass is 9.70. The fourth-order valence-electron chi connectivity index (χ4n) is 3.81. The molecule has 1 N–H and O–H groups in total. The van der Waals surface area contributed by atoms with Crippen molar-refractivity contribution < 1.29 is 9.90 Å². The number of aliphatic carboxylic acids is 1. The largest absolute Gasteiger partial charge is 0.481 e. The monoisotopic (exact) mass is 272 g/mol. The van der Waals surface area contributed by atoms with Gasteiger partial charge in [0.25, 0.3) is 0 Å². The van der Waals surface area contributed by atoms with Gasteiger partial charge in [-0.2, -0.15) is 0 Å². The molecule has 0 radical (unpaired) electrons. The first-order chi connectivity index (χ1) is 9.43. The molecule has 2 nitrogen and oxygen atoms in total. The van der Waals surface area contributed by atoms with Crippen LogP contribution in [0, 0.1) is 5.41 Å². The molecular weight excluding hydrogens is 248 g/mol. The van der Waals surface area contributed by atoms with Gasteiger partial charge in [0, 0.05) is 0 Å². The van der Waals surface area contributed by atoms with Crippen molar-refractivity contribution >= 4 is 5.97 Å². The van der Waals surface area contributed by atoms with Crippen LogP contribution in [0.5, 0.6) is 0 Å². The van der Waals surface area contributed by atoms with Gasteiger partial charge >= 0.3 is 5.97 Å². The average molecular weight is 272 g/mol. The summed E-state index contributed by atoms with van der Waals surface area (Å²) >= 11 is 0. The van der Waals surface area contributed by atoms with Gasteiger partial charge in [0.2, 0.25) is 0 Å². The highest BCUT2D eigenvalue weighted by atomic mass is 16.4. The molecule has 1 aromatic rings. The Balaban J connectivity index is 1.78. The lowest BCUT2D eigenvalue weighted by Crippen LogP contribution is -2.22. The van der Waals surface area contributed by atoms with Gasteiger partial charge in [-0.05, 0) is 54.6 Å². The summed E-state index contributed by atoms with van der Waals surface area (Å²) in [5.74, 6) is -0.0168. The molecule has 2 fully saturated rings. The third kappa shape index (κ3) is 2.36. The standard InChI is InChI=1S/C18H24O2/c1-17(2)9-3-4-14(12-17)13-5-7-15(8-6-13)18(10-11-18)16(19)20/h5-8,14H,3-4,9-12H2,1-2H3,(H,19,20). The summed E-state index contributed by atoms with van der Waals surface area (Å²) in [5, 5.41) is 9.34. The van der Waals surface area contributed by atoms with Crippen LogP contribution in [0.15, 0.2) is 24.3 Å². The highest BCUT2D eigenvalue weighted by Gasteiger charge is 2.51. The van der Waals surface area contributed by atoms with Crippen molar-refractivity contribution in [3.05, 3.63) is 35.4 Å². The van der Waals surface area contributed by atoms with E-state index in [9.17, 15) is 9.90 Å². The zero-order valence-corrected chi connectivity index (χ0v) is 12.5. The molecule has 2 heteroatoms. The van der Waals surface area contributed by atoms with Gasteiger partial charge in [0.1, 0.15) is 0 Å². The van der Waals surface area contributed by atoms with Crippen LogP contribution in [-0.4, -0.2) is 11.1 Å². The lowest BCUT2D eigenvalue weighted by Gasteiger charge is -2.35. The van der Waals surface area contributed by atoms with E-state index in [2.05, 4.69) is 38.1 Å². The molecule has 3 rings (SSSR count). The Morgan fingerprint density at radius 2 is 1.80 bits per heavy atom. The van der Waals surface area contributed by atoms with Gasteiger partial charge in [-0.1, -0.05) is 44.5 Å². The second kappa shape index (κ2) is 4.61. The Morgan fingerprint density at radius 3 is 2.30 bits per heavy atom. The van der Waals surface area contributed by atoms with Crippen LogP contribution >= 0.6 is 0 Å². The molecule has 1 aromatic carbocycles. The minimum atomic E-state index is -0.663. The molecule has 108 valence electrons. The summed E-state index contributed by atoms with van der Waals surface area (Å²) in [6.07, 6.45) is 6.72. The lowest BCUT2D eigenvalue weighted by molar-refractivity contribution is -0.140. The maximum absolute atomic E-state index is 11.4. The van der Waals surface area contributed by atoms with Gasteiger partial charge in [-0.3, -0.25) is 4.79 Å². The van der Waals surface area contributed by atoms with Gasteiger partial charge in [0.05, 0.1) is 5.41 Å². The van der Waals surface area contributed by atoms with E-state index in [1.54, 1.807) is 0 Å². The van der Waals surface area contributed by atoms with E-state index >= 15 is 0 Å². The summed E-state index contributed by atoms with van der Waals surface area (Å²) < 4.78 is 0. The first-order valence-corrected chi connectivity index (χ1v) is 7.77. The maximum Gasteiger partial charge on any atom is 0.314 e. The summed E-state index contributed by atoms with van der Waals surface area (Å²) in [5.41, 5.74) is 2.26. The average Bonchev–Trinajstić information content (AvgIpc) is 3.19. The third-order valence-electron chi connectivity index (χ3n) is 5.30. The van der Waals surface area contributed by atoms with Crippen molar-refractivity contribution in [2.45, 2.75) is 63.7 Å².